The molecule has 0 aliphatic rings. The van der Waals surface area contributed by atoms with Gasteiger partial charge in [0.25, 0.3) is 11.8 Å². The molecule has 0 radical (unpaired) electrons. The number of nitrogens with zero attached hydrogens (tertiary/aromatic N) is 6. The second kappa shape index (κ2) is 14.1. The summed E-state index contributed by atoms with van der Waals surface area (Å²) < 4.78 is 18.9. The summed E-state index contributed by atoms with van der Waals surface area (Å²) in [6.45, 7) is 2.54. The van der Waals surface area contributed by atoms with Crippen LogP contribution in [-0.4, -0.2) is 62.3 Å². The minimum atomic E-state index is -0.295. The van der Waals surface area contributed by atoms with Crippen LogP contribution in [0, 0.1) is 0 Å². The fraction of sp³-hybridized carbons (Fsp3) is 0.188. The second-order valence-corrected chi connectivity index (χ2v) is 9.66. The van der Waals surface area contributed by atoms with Gasteiger partial charge in [0.05, 0.1) is 44.6 Å². The first kappa shape index (κ1) is 30.6. The van der Waals surface area contributed by atoms with Crippen LogP contribution in [0.4, 0.5) is 11.4 Å². The summed E-state index contributed by atoms with van der Waals surface area (Å²) in [6, 6.07) is 14.7. The van der Waals surface area contributed by atoms with Gasteiger partial charge in [-0.2, -0.15) is 10.2 Å². The van der Waals surface area contributed by atoms with Crippen molar-refractivity contribution in [2.45, 2.75) is 20.0 Å². The Bertz CT molecular complexity index is 1950. The third-order valence-corrected chi connectivity index (χ3v) is 6.80. The highest BCUT2D eigenvalue weighted by Gasteiger charge is 2.17. The Labute approximate surface area is 258 Å². The number of benzene rings is 2. The summed E-state index contributed by atoms with van der Waals surface area (Å²) >= 11 is 0. The number of amides is 2. The molecule has 0 bridgehead atoms. The number of ether oxygens (including phenoxy) is 3. The molecule has 0 spiro atoms. The number of carbonyl (C=O) groups is 2. The lowest BCUT2D eigenvalue weighted by Crippen LogP contribution is -2.13. The van der Waals surface area contributed by atoms with Gasteiger partial charge in [-0.05, 0) is 53.9 Å². The average Bonchev–Trinajstić information content (AvgIpc) is 3.71. The molecule has 2 N–H and O–H groups in total. The number of nitrogens with one attached hydrogen (secondary N) is 2. The zero-order valence-electron chi connectivity index (χ0n) is 25.2. The number of hydrogen-bond acceptors (Lipinski definition) is 9. The van der Waals surface area contributed by atoms with E-state index in [1.165, 1.54) is 12.4 Å². The van der Waals surface area contributed by atoms with E-state index in [0.29, 0.717) is 51.9 Å². The molecule has 0 saturated carbocycles. The van der Waals surface area contributed by atoms with Gasteiger partial charge in [-0.3, -0.25) is 9.59 Å². The molecule has 0 unspecified atom stereocenters. The Morgan fingerprint density at radius 2 is 1.22 bits per heavy atom. The molecule has 2 amide bonds. The minimum absolute atomic E-state index is 0.267. The molecule has 230 valence electrons. The van der Waals surface area contributed by atoms with E-state index in [1.807, 2.05) is 30.3 Å². The fourth-order valence-corrected chi connectivity index (χ4v) is 4.51. The van der Waals surface area contributed by atoms with Crippen LogP contribution in [0.3, 0.4) is 0 Å². The molecule has 13 nitrogen and oxygen atoms in total. The van der Waals surface area contributed by atoms with Crippen molar-refractivity contribution < 1.29 is 23.8 Å². The van der Waals surface area contributed by atoms with Crippen molar-refractivity contribution >= 4 is 34.5 Å². The van der Waals surface area contributed by atoms with Crippen molar-refractivity contribution in [2.24, 2.45) is 0 Å². The summed E-state index contributed by atoms with van der Waals surface area (Å²) in [5.41, 5.74) is 5.14. The molecular formula is C32H32N8O5. The number of aromatic nitrogens is 6. The van der Waals surface area contributed by atoms with Crippen LogP contribution in [0.5, 0.6) is 11.5 Å². The van der Waals surface area contributed by atoms with Gasteiger partial charge in [0.1, 0.15) is 22.6 Å². The van der Waals surface area contributed by atoms with Crippen molar-refractivity contribution in [1.82, 2.24) is 29.2 Å². The Morgan fingerprint density at radius 1 is 0.733 bits per heavy atom. The number of carbonyl (C=O) groups excluding carboxylic acids is 2. The first-order valence-corrected chi connectivity index (χ1v) is 14.0. The molecule has 0 atom stereocenters. The average molecular weight is 609 g/mol. The Balaban J connectivity index is 0.000000178. The Kier molecular flexibility index (Phi) is 9.60. The van der Waals surface area contributed by atoms with E-state index < -0.39 is 0 Å². The van der Waals surface area contributed by atoms with Crippen LogP contribution in [0.15, 0.2) is 85.7 Å². The van der Waals surface area contributed by atoms with Crippen LogP contribution in [0.25, 0.3) is 11.3 Å². The van der Waals surface area contributed by atoms with Gasteiger partial charge in [0.2, 0.25) is 0 Å². The zero-order valence-corrected chi connectivity index (χ0v) is 25.2. The number of methoxy groups -OCH3 is 3. The summed E-state index contributed by atoms with van der Waals surface area (Å²) in [5, 5.41) is 13.9. The predicted octanol–water partition coefficient (Wildman–Crippen LogP) is 4.69. The number of anilines is 2. The largest absolute Gasteiger partial charge is 0.495 e. The quantitative estimate of drug-likeness (QED) is 0.239. The molecule has 0 aliphatic heterocycles. The van der Waals surface area contributed by atoms with Gasteiger partial charge < -0.3 is 24.8 Å². The monoisotopic (exact) mass is 608 g/mol. The van der Waals surface area contributed by atoms with E-state index in [9.17, 15) is 9.59 Å². The van der Waals surface area contributed by atoms with Gasteiger partial charge in [-0.15, -0.1) is 0 Å². The first-order chi connectivity index (χ1) is 21.9. The molecule has 4 aromatic heterocycles. The lowest BCUT2D eigenvalue weighted by atomic mass is 10.1. The predicted molar refractivity (Wildman–Crippen MR) is 168 cm³/mol. The third kappa shape index (κ3) is 6.89. The van der Waals surface area contributed by atoms with E-state index in [4.69, 9.17) is 14.2 Å². The van der Waals surface area contributed by atoms with Crippen molar-refractivity contribution in [3.05, 3.63) is 108 Å². The van der Waals surface area contributed by atoms with E-state index in [1.54, 1.807) is 73.3 Å². The second-order valence-electron chi connectivity index (χ2n) is 9.66. The van der Waals surface area contributed by atoms with E-state index in [0.717, 1.165) is 17.5 Å². The number of hydrogen-bond donors (Lipinski definition) is 2. The van der Waals surface area contributed by atoms with Crippen LogP contribution in [0.1, 0.15) is 38.8 Å². The van der Waals surface area contributed by atoms with E-state index in [-0.39, 0.29) is 11.8 Å². The normalized spacial score (nSPS) is 10.7. The molecule has 6 aromatic rings. The molecular weight excluding hydrogens is 576 g/mol. The Morgan fingerprint density at radius 3 is 1.69 bits per heavy atom. The highest BCUT2D eigenvalue weighted by molar-refractivity contribution is 6.09. The molecule has 2 aromatic carbocycles. The molecule has 0 aliphatic carbocycles. The maximum Gasteiger partial charge on any atom is 0.261 e. The zero-order chi connectivity index (χ0) is 31.8. The lowest BCUT2D eigenvalue weighted by Gasteiger charge is -2.11. The summed E-state index contributed by atoms with van der Waals surface area (Å²) in [5.74, 6) is 0.641. The van der Waals surface area contributed by atoms with Gasteiger partial charge in [-0.1, -0.05) is 19.1 Å². The van der Waals surface area contributed by atoms with Gasteiger partial charge >= 0.3 is 0 Å². The molecule has 4 heterocycles. The van der Waals surface area contributed by atoms with Crippen LogP contribution < -0.4 is 20.1 Å². The number of fused-ring (bicyclic) bond motifs is 2. The first-order valence-electron chi connectivity index (χ1n) is 14.0. The number of aryl methyl sites for hydroxylation is 1. The molecule has 0 fully saturated rings. The van der Waals surface area contributed by atoms with Crippen molar-refractivity contribution in [1.29, 1.82) is 0 Å². The van der Waals surface area contributed by atoms with Crippen LogP contribution >= 0.6 is 0 Å². The topological polar surface area (TPSA) is 146 Å². The molecule has 6 rings (SSSR count). The van der Waals surface area contributed by atoms with Gasteiger partial charge in [0.15, 0.2) is 11.3 Å². The third-order valence-electron chi connectivity index (χ3n) is 6.80. The maximum atomic E-state index is 12.5. The summed E-state index contributed by atoms with van der Waals surface area (Å²) in [7, 11) is 4.76. The van der Waals surface area contributed by atoms with Crippen LogP contribution in [0.2, 0.25) is 0 Å². The van der Waals surface area contributed by atoms with Crippen molar-refractivity contribution in [3.63, 3.8) is 0 Å². The SMILES string of the molecule is CCc1ccc(NC(=O)c2cnn3cccnc23)c(OC)c1.COCc1ccc(NC(=O)c2cnn3cccnc23)c(OC)c1. The van der Waals surface area contributed by atoms with Crippen molar-refractivity contribution in [3.8, 4) is 11.5 Å². The summed E-state index contributed by atoms with van der Waals surface area (Å²) in [6.07, 6.45) is 10.6. The highest BCUT2D eigenvalue weighted by Crippen LogP contribution is 2.28. The van der Waals surface area contributed by atoms with Gasteiger partial charge in [0, 0.05) is 31.9 Å². The highest BCUT2D eigenvalue weighted by atomic mass is 16.5. The fourth-order valence-electron chi connectivity index (χ4n) is 4.51. The van der Waals surface area contributed by atoms with Gasteiger partial charge in [-0.25, -0.2) is 19.0 Å². The van der Waals surface area contributed by atoms with E-state index >= 15 is 0 Å². The van der Waals surface area contributed by atoms with Crippen molar-refractivity contribution in [2.75, 3.05) is 32.0 Å². The summed E-state index contributed by atoms with van der Waals surface area (Å²) in [4.78, 5) is 33.3. The smallest absolute Gasteiger partial charge is 0.261 e. The van der Waals surface area contributed by atoms with E-state index in [2.05, 4.69) is 37.7 Å². The molecule has 45 heavy (non-hydrogen) atoms. The minimum Gasteiger partial charge on any atom is -0.495 e. The standard InChI is InChI=1S/C16H16N4O3.C16H16N4O2/c1-22-10-11-4-5-13(14(8-11)23-2)19-16(21)12-9-18-20-7-3-6-17-15(12)20;1-3-11-5-6-13(14(9-11)22-2)19-16(21)12-10-18-20-8-4-7-17-15(12)20/h3-9H,10H2,1-2H3,(H,19,21);4-10H,3H2,1-2H3,(H,19,21). The number of rotatable bonds is 9. The Hall–Kier alpha value is -5.82. The van der Waals surface area contributed by atoms with Crippen LogP contribution in [-0.2, 0) is 17.8 Å². The lowest BCUT2D eigenvalue weighted by molar-refractivity contribution is 0.101. The maximum absolute atomic E-state index is 12.5. The molecule has 0 saturated heterocycles. The molecule has 13 heteroatoms.